The Hall–Kier alpha value is -1.84. The van der Waals surface area contributed by atoms with Gasteiger partial charge in [-0.15, -0.1) is 0 Å². The summed E-state index contributed by atoms with van der Waals surface area (Å²) >= 11 is 0. The fourth-order valence-electron chi connectivity index (χ4n) is 3.16. The first-order chi connectivity index (χ1) is 9.27. The van der Waals surface area contributed by atoms with Crippen molar-refractivity contribution >= 4 is 11.9 Å². The monoisotopic (exact) mass is 275 g/mol. The summed E-state index contributed by atoms with van der Waals surface area (Å²) in [5, 5.41) is 9.43. The van der Waals surface area contributed by atoms with E-state index in [4.69, 9.17) is 0 Å². The molecule has 1 unspecified atom stereocenters. The summed E-state index contributed by atoms with van der Waals surface area (Å²) in [4.78, 5) is 25.8. The van der Waals surface area contributed by atoms with Crippen LogP contribution in [-0.4, -0.2) is 34.0 Å². The molecular formula is C16H21NO3. The molecule has 0 bridgehead atoms. The largest absolute Gasteiger partial charge is 0.480 e. The number of nitrogens with zero attached hydrogens (tertiary/aromatic N) is 1. The molecule has 4 heteroatoms. The maximum absolute atomic E-state index is 12.8. The number of carboxylic acids is 1. The number of carbonyl (C=O) groups excluding carboxylic acids is 1. The maximum atomic E-state index is 12.8. The molecule has 1 heterocycles. The van der Waals surface area contributed by atoms with Crippen LogP contribution in [0.2, 0.25) is 0 Å². The quantitative estimate of drug-likeness (QED) is 0.902. The third kappa shape index (κ3) is 2.19. The van der Waals surface area contributed by atoms with Crippen molar-refractivity contribution < 1.29 is 14.7 Å². The summed E-state index contributed by atoms with van der Waals surface area (Å²) in [6, 6.07) is 3.93. The van der Waals surface area contributed by atoms with Crippen LogP contribution in [0.1, 0.15) is 46.8 Å². The Balaban J connectivity index is 2.45. The van der Waals surface area contributed by atoms with E-state index in [9.17, 15) is 14.7 Å². The van der Waals surface area contributed by atoms with Crippen molar-refractivity contribution in [1.29, 1.82) is 0 Å². The predicted molar refractivity (Wildman–Crippen MR) is 77.0 cm³/mol. The zero-order valence-corrected chi connectivity index (χ0v) is 12.5. The van der Waals surface area contributed by atoms with Gasteiger partial charge in [0.15, 0.2) is 0 Å². The summed E-state index contributed by atoms with van der Waals surface area (Å²) in [6.45, 7) is 7.95. The SMILES string of the molecule is Cc1cc(C)c(C(=O)N2CCCC2(C)C(=O)O)c(C)c1. The third-order valence-electron chi connectivity index (χ3n) is 4.24. The molecule has 1 aliphatic rings. The number of rotatable bonds is 2. The molecule has 0 radical (unpaired) electrons. The number of hydrogen-bond donors (Lipinski definition) is 1. The number of aliphatic carboxylic acids is 1. The molecule has 1 aromatic carbocycles. The van der Waals surface area contributed by atoms with Gasteiger partial charge in [0.2, 0.25) is 0 Å². The molecule has 108 valence electrons. The van der Waals surface area contributed by atoms with E-state index in [0.29, 0.717) is 18.5 Å². The van der Waals surface area contributed by atoms with Crippen molar-refractivity contribution in [2.75, 3.05) is 6.54 Å². The van der Waals surface area contributed by atoms with Gasteiger partial charge in [-0.1, -0.05) is 17.7 Å². The van der Waals surface area contributed by atoms with Crippen molar-refractivity contribution in [2.45, 2.75) is 46.1 Å². The Morgan fingerprint density at radius 1 is 1.20 bits per heavy atom. The maximum Gasteiger partial charge on any atom is 0.329 e. The molecule has 0 aromatic heterocycles. The molecule has 1 aromatic rings. The molecule has 0 spiro atoms. The van der Waals surface area contributed by atoms with E-state index in [1.807, 2.05) is 32.9 Å². The standard InChI is InChI=1S/C16H21NO3/c1-10-8-11(2)13(12(3)9-10)14(18)17-7-5-6-16(17,4)15(19)20/h8-9H,5-7H2,1-4H3,(H,19,20). The minimum Gasteiger partial charge on any atom is -0.480 e. The van der Waals surface area contributed by atoms with Gasteiger partial charge in [-0.05, 0) is 51.7 Å². The summed E-state index contributed by atoms with van der Waals surface area (Å²) in [5.74, 6) is -1.09. The van der Waals surface area contributed by atoms with Gasteiger partial charge >= 0.3 is 5.97 Å². The second-order valence-corrected chi connectivity index (χ2v) is 5.91. The fraction of sp³-hybridized carbons (Fsp3) is 0.500. The van der Waals surface area contributed by atoms with Crippen LogP contribution in [0.25, 0.3) is 0 Å². The summed E-state index contributed by atoms with van der Waals surface area (Å²) in [5.41, 5.74) is 2.49. The molecule has 20 heavy (non-hydrogen) atoms. The van der Waals surface area contributed by atoms with E-state index < -0.39 is 11.5 Å². The molecule has 0 saturated carbocycles. The number of benzene rings is 1. The molecule has 1 amide bonds. The zero-order chi connectivity index (χ0) is 15.1. The number of aryl methyl sites for hydroxylation is 3. The van der Waals surface area contributed by atoms with Crippen LogP contribution in [0, 0.1) is 20.8 Å². The van der Waals surface area contributed by atoms with E-state index >= 15 is 0 Å². The van der Waals surface area contributed by atoms with Gasteiger partial charge in [0.25, 0.3) is 5.91 Å². The Bertz CT molecular complexity index is 556. The molecule has 1 saturated heterocycles. The minimum atomic E-state index is -1.08. The van der Waals surface area contributed by atoms with Crippen molar-refractivity contribution in [1.82, 2.24) is 4.90 Å². The molecule has 1 atom stereocenters. The third-order valence-corrected chi connectivity index (χ3v) is 4.24. The van der Waals surface area contributed by atoms with Gasteiger partial charge in [-0.2, -0.15) is 0 Å². The van der Waals surface area contributed by atoms with Crippen LogP contribution in [0.3, 0.4) is 0 Å². The highest BCUT2D eigenvalue weighted by molar-refractivity contribution is 6.00. The second kappa shape index (κ2) is 4.93. The van der Waals surface area contributed by atoms with Gasteiger partial charge in [0, 0.05) is 12.1 Å². The molecule has 2 rings (SSSR count). The minimum absolute atomic E-state index is 0.164. The van der Waals surface area contributed by atoms with E-state index in [1.54, 1.807) is 6.92 Å². The Morgan fingerprint density at radius 3 is 2.25 bits per heavy atom. The normalized spacial score (nSPS) is 22.1. The first-order valence-corrected chi connectivity index (χ1v) is 6.90. The number of hydrogen-bond acceptors (Lipinski definition) is 2. The van der Waals surface area contributed by atoms with E-state index in [1.165, 1.54) is 4.90 Å². The van der Waals surface area contributed by atoms with E-state index in [2.05, 4.69) is 0 Å². The van der Waals surface area contributed by atoms with Crippen molar-refractivity contribution in [3.05, 3.63) is 34.4 Å². The summed E-state index contributed by atoms with van der Waals surface area (Å²) in [6.07, 6.45) is 1.25. The lowest BCUT2D eigenvalue weighted by molar-refractivity contribution is -0.147. The topological polar surface area (TPSA) is 57.6 Å². The van der Waals surface area contributed by atoms with Gasteiger partial charge < -0.3 is 10.0 Å². The summed E-state index contributed by atoms with van der Waals surface area (Å²) < 4.78 is 0. The highest BCUT2D eigenvalue weighted by Crippen LogP contribution is 2.32. The van der Waals surface area contributed by atoms with Crippen LogP contribution in [0.15, 0.2) is 12.1 Å². The number of carboxylic acid groups (broad SMARTS) is 1. The fourth-order valence-corrected chi connectivity index (χ4v) is 3.16. The van der Waals surface area contributed by atoms with E-state index in [0.717, 1.165) is 23.1 Å². The molecule has 0 aliphatic carbocycles. The van der Waals surface area contributed by atoms with Crippen molar-refractivity contribution in [2.24, 2.45) is 0 Å². The summed E-state index contributed by atoms with van der Waals surface area (Å²) in [7, 11) is 0. The number of amides is 1. The lowest BCUT2D eigenvalue weighted by Gasteiger charge is -2.32. The highest BCUT2D eigenvalue weighted by Gasteiger charge is 2.46. The molecule has 4 nitrogen and oxygen atoms in total. The van der Waals surface area contributed by atoms with Crippen molar-refractivity contribution in [3.8, 4) is 0 Å². The van der Waals surface area contributed by atoms with Gasteiger partial charge in [-0.25, -0.2) is 4.79 Å². The Kier molecular flexibility index (Phi) is 3.59. The molecule has 1 N–H and O–H groups in total. The van der Waals surface area contributed by atoms with Crippen LogP contribution in [0.5, 0.6) is 0 Å². The van der Waals surface area contributed by atoms with Gasteiger partial charge in [0.05, 0.1) is 0 Å². The molecular weight excluding hydrogens is 254 g/mol. The lowest BCUT2D eigenvalue weighted by Crippen LogP contribution is -2.51. The Morgan fingerprint density at radius 2 is 1.75 bits per heavy atom. The molecule has 1 fully saturated rings. The smallest absolute Gasteiger partial charge is 0.329 e. The zero-order valence-electron chi connectivity index (χ0n) is 12.5. The van der Waals surface area contributed by atoms with E-state index in [-0.39, 0.29) is 5.91 Å². The average molecular weight is 275 g/mol. The molecule has 1 aliphatic heterocycles. The number of likely N-dealkylation sites (tertiary alicyclic amines) is 1. The van der Waals surface area contributed by atoms with Crippen LogP contribution in [-0.2, 0) is 4.79 Å². The number of carbonyl (C=O) groups is 2. The first kappa shape index (κ1) is 14.6. The highest BCUT2D eigenvalue weighted by atomic mass is 16.4. The first-order valence-electron chi connectivity index (χ1n) is 6.90. The predicted octanol–water partition coefficient (Wildman–Crippen LogP) is 2.69. The van der Waals surface area contributed by atoms with Crippen molar-refractivity contribution in [3.63, 3.8) is 0 Å². The van der Waals surface area contributed by atoms with Crippen LogP contribution < -0.4 is 0 Å². The lowest BCUT2D eigenvalue weighted by atomic mass is 9.95. The Labute approximate surface area is 119 Å². The van der Waals surface area contributed by atoms with Crippen LogP contribution >= 0.6 is 0 Å². The van der Waals surface area contributed by atoms with Crippen LogP contribution in [0.4, 0.5) is 0 Å². The second-order valence-electron chi connectivity index (χ2n) is 5.91. The van der Waals surface area contributed by atoms with Gasteiger partial charge in [0.1, 0.15) is 5.54 Å². The average Bonchev–Trinajstić information content (AvgIpc) is 2.71. The van der Waals surface area contributed by atoms with Gasteiger partial charge in [-0.3, -0.25) is 4.79 Å².